The van der Waals surface area contributed by atoms with Gasteiger partial charge in [-0.25, -0.2) is 18.2 Å². The van der Waals surface area contributed by atoms with Gasteiger partial charge in [0, 0.05) is 5.69 Å². The second kappa shape index (κ2) is 8.03. The highest BCUT2D eigenvalue weighted by atomic mass is 32.2. The molecule has 0 radical (unpaired) electrons. The normalized spacial score (nSPS) is 11.0. The van der Waals surface area contributed by atoms with Crippen molar-refractivity contribution in [2.75, 3.05) is 7.11 Å². The fourth-order valence-corrected chi connectivity index (χ4v) is 3.22. The molecule has 1 amide bonds. The second-order valence-electron chi connectivity index (χ2n) is 5.56. The van der Waals surface area contributed by atoms with Crippen LogP contribution in [0.2, 0.25) is 0 Å². The van der Waals surface area contributed by atoms with Crippen LogP contribution < -0.4 is 10.3 Å². The average Bonchev–Trinajstić information content (AvgIpc) is 3.22. The Morgan fingerprint density at radius 3 is 2.36 bits per heavy atom. The molecule has 144 valence electrons. The van der Waals surface area contributed by atoms with Crippen molar-refractivity contribution in [1.29, 1.82) is 0 Å². The first-order chi connectivity index (χ1) is 13.4. The number of rotatable bonds is 6. The SMILES string of the molecule is COC(=O)c1ccc(S(=O)(=O)NNC(=O)c2cncn2-c2ccccc2)cc1. The van der Waals surface area contributed by atoms with E-state index in [9.17, 15) is 18.0 Å². The number of carbonyl (C=O) groups excluding carboxylic acids is 2. The van der Waals surface area contributed by atoms with Gasteiger partial charge >= 0.3 is 5.97 Å². The van der Waals surface area contributed by atoms with Crippen molar-refractivity contribution in [3.8, 4) is 5.69 Å². The number of carbonyl (C=O) groups is 2. The van der Waals surface area contributed by atoms with E-state index >= 15 is 0 Å². The molecule has 0 spiro atoms. The molecule has 0 saturated heterocycles. The molecule has 0 atom stereocenters. The number of para-hydroxylation sites is 1. The Labute approximate surface area is 161 Å². The van der Waals surface area contributed by atoms with Gasteiger partial charge in [0.1, 0.15) is 5.69 Å². The fourth-order valence-electron chi connectivity index (χ4n) is 2.38. The van der Waals surface area contributed by atoms with E-state index in [0.29, 0.717) is 5.69 Å². The summed E-state index contributed by atoms with van der Waals surface area (Å²) in [5.41, 5.74) is 3.21. The lowest BCUT2D eigenvalue weighted by atomic mass is 10.2. The van der Waals surface area contributed by atoms with Crippen LogP contribution in [0, 0.1) is 0 Å². The molecule has 0 fully saturated rings. The molecule has 2 aromatic carbocycles. The van der Waals surface area contributed by atoms with E-state index in [0.717, 1.165) is 0 Å². The lowest BCUT2D eigenvalue weighted by Gasteiger charge is -2.10. The average molecular weight is 400 g/mol. The number of aromatic nitrogens is 2. The Hall–Kier alpha value is -3.50. The number of hydrazine groups is 1. The summed E-state index contributed by atoms with van der Waals surface area (Å²) >= 11 is 0. The van der Waals surface area contributed by atoms with E-state index in [1.165, 1.54) is 48.5 Å². The number of nitrogens with one attached hydrogen (secondary N) is 2. The van der Waals surface area contributed by atoms with Gasteiger partial charge in [0.25, 0.3) is 15.9 Å². The molecule has 0 aliphatic rings. The van der Waals surface area contributed by atoms with Crippen LogP contribution in [0.15, 0.2) is 72.0 Å². The Morgan fingerprint density at radius 2 is 1.71 bits per heavy atom. The molecule has 0 aliphatic heterocycles. The van der Waals surface area contributed by atoms with Crippen LogP contribution in [0.25, 0.3) is 5.69 Å². The fraction of sp³-hybridized carbons (Fsp3) is 0.0556. The summed E-state index contributed by atoms with van der Waals surface area (Å²) in [7, 11) is -2.81. The number of ether oxygens (including phenoxy) is 1. The predicted molar refractivity (Wildman–Crippen MR) is 99.1 cm³/mol. The third kappa shape index (κ3) is 4.08. The number of benzene rings is 2. The van der Waals surface area contributed by atoms with E-state index in [1.54, 1.807) is 24.3 Å². The lowest BCUT2D eigenvalue weighted by Crippen LogP contribution is -2.42. The van der Waals surface area contributed by atoms with E-state index in [4.69, 9.17) is 0 Å². The highest BCUT2D eigenvalue weighted by Crippen LogP contribution is 2.12. The maximum absolute atomic E-state index is 12.4. The van der Waals surface area contributed by atoms with E-state index < -0.39 is 21.9 Å². The van der Waals surface area contributed by atoms with Crippen LogP contribution in [-0.2, 0) is 14.8 Å². The number of nitrogens with zero attached hydrogens (tertiary/aromatic N) is 2. The van der Waals surface area contributed by atoms with E-state index in [1.807, 2.05) is 10.9 Å². The van der Waals surface area contributed by atoms with Gasteiger partial charge < -0.3 is 4.74 Å². The van der Waals surface area contributed by atoms with Crippen LogP contribution >= 0.6 is 0 Å². The summed E-state index contributed by atoms with van der Waals surface area (Å²) < 4.78 is 30.8. The molecule has 0 aliphatic carbocycles. The summed E-state index contributed by atoms with van der Waals surface area (Å²) in [5.74, 6) is -1.27. The van der Waals surface area contributed by atoms with Gasteiger partial charge in [0.15, 0.2) is 0 Å². The third-order valence-corrected chi connectivity index (χ3v) is 5.05. The molecule has 0 saturated carbocycles. The van der Waals surface area contributed by atoms with Crippen molar-refractivity contribution in [2.45, 2.75) is 4.90 Å². The molecule has 0 unspecified atom stereocenters. The number of methoxy groups -OCH3 is 1. The number of amides is 1. The Kier molecular flexibility index (Phi) is 5.52. The van der Waals surface area contributed by atoms with Crippen LogP contribution in [-0.4, -0.2) is 37.0 Å². The van der Waals surface area contributed by atoms with Gasteiger partial charge in [-0.1, -0.05) is 18.2 Å². The summed E-state index contributed by atoms with van der Waals surface area (Å²) in [6.07, 6.45) is 2.77. The van der Waals surface area contributed by atoms with Crippen molar-refractivity contribution >= 4 is 21.9 Å². The van der Waals surface area contributed by atoms with Gasteiger partial charge in [-0.05, 0) is 36.4 Å². The zero-order chi connectivity index (χ0) is 20.1. The first kappa shape index (κ1) is 19.3. The smallest absolute Gasteiger partial charge is 0.337 e. The minimum Gasteiger partial charge on any atom is -0.465 e. The first-order valence-electron chi connectivity index (χ1n) is 8.00. The minimum atomic E-state index is -4.04. The summed E-state index contributed by atoms with van der Waals surface area (Å²) in [6, 6.07) is 14.1. The minimum absolute atomic E-state index is 0.128. The van der Waals surface area contributed by atoms with Crippen molar-refractivity contribution in [2.24, 2.45) is 0 Å². The zero-order valence-electron chi connectivity index (χ0n) is 14.7. The summed E-state index contributed by atoms with van der Waals surface area (Å²) in [4.78, 5) is 29.6. The van der Waals surface area contributed by atoms with Crippen LogP contribution in [0.4, 0.5) is 0 Å². The molecule has 9 nitrogen and oxygen atoms in total. The number of hydrogen-bond acceptors (Lipinski definition) is 6. The lowest BCUT2D eigenvalue weighted by molar-refractivity contribution is 0.0600. The Balaban J connectivity index is 1.73. The summed E-state index contributed by atoms with van der Waals surface area (Å²) in [6.45, 7) is 0. The van der Waals surface area contributed by atoms with Crippen molar-refractivity contribution in [1.82, 2.24) is 19.8 Å². The second-order valence-corrected chi connectivity index (χ2v) is 7.24. The summed E-state index contributed by atoms with van der Waals surface area (Å²) in [5, 5.41) is 0. The Morgan fingerprint density at radius 1 is 1.04 bits per heavy atom. The van der Waals surface area contributed by atoms with Gasteiger partial charge in [0.05, 0.1) is 30.1 Å². The van der Waals surface area contributed by atoms with Crippen LogP contribution in [0.3, 0.4) is 0 Å². The monoisotopic (exact) mass is 400 g/mol. The Bertz CT molecular complexity index is 1090. The van der Waals surface area contributed by atoms with Crippen molar-refractivity contribution in [3.63, 3.8) is 0 Å². The molecule has 10 heteroatoms. The van der Waals surface area contributed by atoms with E-state index in [2.05, 4.69) is 15.1 Å². The standard InChI is InChI=1S/C18H16N4O5S/c1-27-18(24)13-7-9-15(10-8-13)28(25,26)21-20-17(23)16-11-19-12-22(16)14-5-3-2-4-6-14/h2-12,21H,1H3,(H,20,23). The van der Waals surface area contributed by atoms with Gasteiger partial charge in [0.2, 0.25) is 0 Å². The maximum atomic E-state index is 12.4. The highest BCUT2D eigenvalue weighted by molar-refractivity contribution is 7.89. The number of esters is 1. The number of hydrogen-bond donors (Lipinski definition) is 2. The van der Waals surface area contributed by atoms with Gasteiger partial charge in [-0.3, -0.25) is 14.8 Å². The van der Waals surface area contributed by atoms with E-state index in [-0.39, 0.29) is 16.2 Å². The quantitative estimate of drug-likeness (QED) is 0.475. The first-order valence-corrected chi connectivity index (χ1v) is 9.49. The number of imidazole rings is 1. The molecule has 3 rings (SSSR count). The maximum Gasteiger partial charge on any atom is 0.337 e. The highest BCUT2D eigenvalue weighted by Gasteiger charge is 2.19. The van der Waals surface area contributed by atoms with Gasteiger partial charge in [-0.2, -0.15) is 0 Å². The molecule has 1 heterocycles. The molecule has 3 aromatic rings. The molecular weight excluding hydrogens is 384 g/mol. The number of sulfonamides is 1. The van der Waals surface area contributed by atoms with Crippen LogP contribution in [0.1, 0.15) is 20.8 Å². The van der Waals surface area contributed by atoms with Crippen LogP contribution in [0.5, 0.6) is 0 Å². The largest absolute Gasteiger partial charge is 0.465 e. The predicted octanol–water partition coefficient (Wildman–Crippen LogP) is 1.28. The molecule has 0 bridgehead atoms. The molecule has 28 heavy (non-hydrogen) atoms. The third-order valence-electron chi connectivity index (χ3n) is 3.79. The van der Waals surface area contributed by atoms with Crippen molar-refractivity contribution < 1.29 is 22.7 Å². The topological polar surface area (TPSA) is 119 Å². The molecule has 1 aromatic heterocycles. The molecule has 2 N–H and O–H groups in total. The van der Waals surface area contributed by atoms with Crippen molar-refractivity contribution in [3.05, 3.63) is 78.4 Å². The molecular formula is C18H16N4O5S. The van der Waals surface area contributed by atoms with Gasteiger partial charge in [-0.15, -0.1) is 4.83 Å². The zero-order valence-corrected chi connectivity index (χ0v) is 15.5.